The summed E-state index contributed by atoms with van der Waals surface area (Å²) in [4.78, 5) is 12.0. The van der Waals surface area contributed by atoms with Gasteiger partial charge in [0.15, 0.2) is 0 Å². The first-order chi connectivity index (χ1) is 9.54. The van der Waals surface area contributed by atoms with Crippen LogP contribution in [0.25, 0.3) is 0 Å². The fourth-order valence-electron chi connectivity index (χ4n) is 1.73. The second kappa shape index (κ2) is 6.19. The van der Waals surface area contributed by atoms with Crippen molar-refractivity contribution in [2.24, 2.45) is 0 Å². The van der Waals surface area contributed by atoms with Gasteiger partial charge in [-0.25, -0.2) is 4.39 Å². The van der Waals surface area contributed by atoms with Crippen molar-refractivity contribution < 1.29 is 13.9 Å². The summed E-state index contributed by atoms with van der Waals surface area (Å²) in [7, 11) is 0. The number of anilines is 1. The van der Waals surface area contributed by atoms with E-state index in [9.17, 15) is 9.18 Å². The molecule has 0 aliphatic rings. The molecular weight excluding hydrogens is 257 g/mol. The molecule has 2 aromatic carbocycles. The average molecular weight is 273 g/mol. The monoisotopic (exact) mass is 273 g/mol. The van der Waals surface area contributed by atoms with Crippen molar-refractivity contribution in [2.45, 2.75) is 20.0 Å². The molecule has 0 fully saturated rings. The van der Waals surface area contributed by atoms with Gasteiger partial charge in [0.25, 0.3) is 5.91 Å². The summed E-state index contributed by atoms with van der Waals surface area (Å²) in [6, 6.07) is 12.6. The van der Waals surface area contributed by atoms with E-state index in [2.05, 4.69) is 5.32 Å². The number of nitrogens with one attached hydrogen (secondary N) is 1. The number of rotatable bonds is 4. The summed E-state index contributed by atoms with van der Waals surface area (Å²) in [6.07, 6.45) is 0.0852. The minimum absolute atomic E-state index is 0.0852. The molecule has 0 radical (unpaired) electrons. The van der Waals surface area contributed by atoms with Gasteiger partial charge in [-0.1, -0.05) is 6.07 Å². The Labute approximate surface area is 117 Å². The van der Waals surface area contributed by atoms with E-state index in [1.807, 2.05) is 13.8 Å². The molecule has 1 amide bonds. The first kappa shape index (κ1) is 14.1. The largest absolute Gasteiger partial charge is 0.491 e. The van der Waals surface area contributed by atoms with Gasteiger partial charge in [0.05, 0.1) is 6.10 Å². The van der Waals surface area contributed by atoms with Gasteiger partial charge in [-0.05, 0) is 56.3 Å². The predicted molar refractivity (Wildman–Crippen MR) is 76.6 cm³/mol. The third-order valence-corrected chi connectivity index (χ3v) is 2.57. The van der Waals surface area contributed by atoms with Crippen molar-refractivity contribution >= 4 is 11.6 Å². The Morgan fingerprint density at radius 3 is 2.45 bits per heavy atom. The molecule has 1 N–H and O–H groups in total. The van der Waals surface area contributed by atoms with Gasteiger partial charge < -0.3 is 10.1 Å². The van der Waals surface area contributed by atoms with Gasteiger partial charge in [0.2, 0.25) is 0 Å². The summed E-state index contributed by atoms with van der Waals surface area (Å²) in [6.45, 7) is 3.87. The number of ether oxygens (including phenoxy) is 1. The molecule has 20 heavy (non-hydrogen) atoms. The summed E-state index contributed by atoms with van der Waals surface area (Å²) in [5.41, 5.74) is 0.919. The maximum atomic E-state index is 13.0. The number of amides is 1. The zero-order chi connectivity index (χ0) is 14.5. The maximum absolute atomic E-state index is 13.0. The van der Waals surface area contributed by atoms with Gasteiger partial charge in [-0.2, -0.15) is 0 Å². The molecule has 0 aromatic heterocycles. The number of hydrogen-bond donors (Lipinski definition) is 1. The molecule has 3 nitrogen and oxygen atoms in total. The number of hydrogen-bond acceptors (Lipinski definition) is 2. The van der Waals surface area contributed by atoms with E-state index in [0.717, 1.165) is 0 Å². The van der Waals surface area contributed by atoms with E-state index in [0.29, 0.717) is 17.0 Å². The highest BCUT2D eigenvalue weighted by Crippen LogP contribution is 2.16. The van der Waals surface area contributed by atoms with Crippen molar-refractivity contribution in [1.29, 1.82) is 0 Å². The van der Waals surface area contributed by atoms with E-state index in [-0.39, 0.29) is 17.8 Å². The Hall–Kier alpha value is -2.36. The molecule has 0 saturated heterocycles. The smallest absolute Gasteiger partial charge is 0.255 e. The minimum atomic E-state index is -0.386. The van der Waals surface area contributed by atoms with Crippen molar-refractivity contribution in [1.82, 2.24) is 0 Å². The highest BCUT2D eigenvalue weighted by atomic mass is 19.1. The molecule has 0 saturated carbocycles. The topological polar surface area (TPSA) is 38.3 Å². The van der Waals surface area contributed by atoms with Gasteiger partial charge in [0.1, 0.15) is 11.6 Å². The molecule has 0 unspecified atom stereocenters. The average Bonchev–Trinajstić information content (AvgIpc) is 2.38. The Balaban J connectivity index is 2.06. The second-order valence-electron chi connectivity index (χ2n) is 4.66. The van der Waals surface area contributed by atoms with Crippen LogP contribution in [0.2, 0.25) is 0 Å². The number of benzene rings is 2. The Kier molecular flexibility index (Phi) is 4.35. The van der Waals surface area contributed by atoms with Crippen molar-refractivity contribution in [3.8, 4) is 5.75 Å². The van der Waals surface area contributed by atoms with Crippen molar-refractivity contribution in [2.75, 3.05) is 5.32 Å². The third-order valence-electron chi connectivity index (χ3n) is 2.57. The molecular formula is C16H16FNO2. The standard InChI is InChI=1S/C16H16FNO2/c1-11(2)20-15-8-6-12(7-9-15)16(19)18-14-5-3-4-13(17)10-14/h3-11H,1-2H3,(H,18,19). The van der Waals surface area contributed by atoms with Crippen LogP contribution >= 0.6 is 0 Å². The summed E-state index contributed by atoms with van der Waals surface area (Å²) in [5, 5.41) is 2.64. The van der Waals surface area contributed by atoms with Crippen molar-refractivity contribution in [3.05, 3.63) is 59.9 Å². The molecule has 0 atom stereocenters. The zero-order valence-electron chi connectivity index (χ0n) is 11.4. The number of halogens is 1. The fraction of sp³-hybridized carbons (Fsp3) is 0.188. The lowest BCUT2D eigenvalue weighted by Crippen LogP contribution is -2.12. The van der Waals surface area contributed by atoms with E-state index >= 15 is 0 Å². The molecule has 0 bridgehead atoms. The molecule has 0 aliphatic heterocycles. The highest BCUT2D eigenvalue weighted by Gasteiger charge is 2.07. The SMILES string of the molecule is CC(C)Oc1ccc(C(=O)Nc2cccc(F)c2)cc1. The van der Waals surface area contributed by atoms with Crippen LogP contribution in [0.3, 0.4) is 0 Å². The maximum Gasteiger partial charge on any atom is 0.255 e. The first-order valence-corrected chi connectivity index (χ1v) is 6.38. The highest BCUT2D eigenvalue weighted by molar-refractivity contribution is 6.04. The molecule has 2 aromatic rings. The van der Waals surface area contributed by atoms with Gasteiger partial charge in [-0.15, -0.1) is 0 Å². The van der Waals surface area contributed by atoms with Crippen LogP contribution in [-0.4, -0.2) is 12.0 Å². The van der Waals surface area contributed by atoms with E-state index in [4.69, 9.17) is 4.74 Å². The number of carbonyl (C=O) groups is 1. The summed E-state index contributed by atoms with van der Waals surface area (Å²) in [5.74, 6) is 0.0393. The second-order valence-corrected chi connectivity index (χ2v) is 4.66. The molecule has 0 aliphatic carbocycles. The lowest BCUT2D eigenvalue weighted by atomic mass is 10.2. The van der Waals surface area contributed by atoms with Crippen molar-refractivity contribution in [3.63, 3.8) is 0 Å². The molecule has 2 rings (SSSR count). The van der Waals surface area contributed by atoms with Crippen LogP contribution in [0.5, 0.6) is 5.75 Å². The summed E-state index contributed by atoms with van der Waals surface area (Å²) < 4.78 is 18.5. The van der Waals surface area contributed by atoms with Crippen LogP contribution in [0.1, 0.15) is 24.2 Å². The van der Waals surface area contributed by atoms with E-state index in [1.165, 1.54) is 12.1 Å². The normalized spacial score (nSPS) is 10.4. The summed E-state index contributed by atoms with van der Waals surface area (Å²) >= 11 is 0. The quantitative estimate of drug-likeness (QED) is 0.918. The molecule has 0 heterocycles. The Morgan fingerprint density at radius 2 is 1.85 bits per heavy atom. The molecule has 4 heteroatoms. The van der Waals surface area contributed by atoms with Crippen LogP contribution in [-0.2, 0) is 0 Å². The Bertz CT molecular complexity index is 594. The van der Waals surface area contributed by atoms with Gasteiger partial charge in [0, 0.05) is 11.3 Å². The molecule has 0 spiro atoms. The zero-order valence-corrected chi connectivity index (χ0v) is 11.4. The molecule has 104 valence electrons. The van der Waals surface area contributed by atoms with Gasteiger partial charge in [-0.3, -0.25) is 4.79 Å². The third kappa shape index (κ3) is 3.82. The van der Waals surface area contributed by atoms with Crippen LogP contribution in [0.15, 0.2) is 48.5 Å². The minimum Gasteiger partial charge on any atom is -0.491 e. The van der Waals surface area contributed by atoms with Crippen LogP contribution < -0.4 is 10.1 Å². The van der Waals surface area contributed by atoms with E-state index < -0.39 is 0 Å². The van der Waals surface area contributed by atoms with Crippen LogP contribution in [0, 0.1) is 5.82 Å². The van der Waals surface area contributed by atoms with Crippen LogP contribution in [0.4, 0.5) is 10.1 Å². The fourth-order valence-corrected chi connectivity index (χ4v) is 1.73. The number of carbonyl (C=O) groups excluding carboxylic acids is 1. The first-order valence-electron chi connectivity index (χ1n) is 6.38. The Morgan fingerprint density at radius 1 is 1.15 bits per heavy atom. The lowest BCUT2D eigenvalue weighted by molar-refractivity contribution is 0.102. The van der Waals surface area contributed by atoms with Gasteiger partial charge >= 0.3 is 0 Å². The van der Waals surface area contributed by atoms with E-state index in [1.54, 1.807) is 36.4 Å². The predicted octanol–water partition coefficient (Wildman–Crippen LogP) is 3.87. The lowest BCUT2D eigenvalue weighted by Gasteiger charge is -2.10.